The molecule has 0 aliphatic carbocycles. The molecule has 2 fully saturated rings. The van der Waals surface area contributed by atoms with Gasteiger partial charge >= 0.3 is 0 Å². The van der Waals surface area contributed by atoms with Crippen molar-refractivity contribution >= 4 is 10.2 Å². The molecule has 0 bridgehead atoms. The van der Waals surface area contributed by atoms with Crippen molar-refractivity contribution in [2.75, 3.05) is 33.2 Å². The maximum absolute atomic E-state index is 12.5. The van der Waals surface area contributed by atoms with Gasteiger partial charge in [-0.15, -0.1) is 0 Å². The van der Waals surface area contributed by atoms with Gasteiger partial charge in [0.2, 0.25) is 0 Å². The smallest absolute Gasteiger partial charge is 0.280 e. The van der Waals surface area contributed by atoms with Crippen molar-refractivity contribution in [1.82, 2.24) is 13.9 Å². The third kappa shape index (κ3) is 3.50. The molecule has 0 amide bonds. The molecule has 1 atom stereocenters. The highest BCUT2D eigenvalue weighted by molar-refractivity contribution is 7.87. The van der Waals surface area contributed by atoms with Gasteiger partial charge < -0.3 is 4.90 Å². The molecule has 2 aliphatic heterocycles. The summed E-state index contributed by atoms with van der Waals surface area (Å²) in [5.74, 6) is 0.385. The van der Waals surface area contributed by atoms with E-state index in [4.69, 9.17) is 0 Å². The molecule has 20 heavy (non-hydrogen) atoms. The summed E-state index contributed by atoms with van der Waals surface area (Å²) in [6.45, 7) is 4.66. The Kier molecular flexibility index (Phi) is 4.69. The van der Waals surface area contributed by atoms with Crippen molar-refractivity contribution in [3.63, 3.8) is 0 Å². The van der Waals surface area contributed by atoms with Gasteiger partial charge in [0.1, 0.15) is 5.54 Å². The van der Waals surface area contributed by atoms with Crippen LogP contribution in [0.25, 0.3) is 0 Å². The zero-order valence-corrected chi connectivity index (χ0v) is 13.1. The molecule has 2 saturated heterocycles. The van der Waals surface area contributed by atoms with Crippen LogP contribution in [0.4, 0.5) is 0 Å². The van der Waals surface area contributed by atoms with E-state index in [-0.39, 0.29) is 0 Å². The summed E-state index contributed by atoms with van der Waals surface area (Å²) >= 11 is 0. The average Bonchev–Trinajstić information content (AvgIpc) is 2.41. The molecule has 1 unspecified atom stereocenters. The summed E-state index contributed by atoms with van der Waals surface area (Å²) in [5.41, 5.74) is -0.938. The zero-order chi connectivity index (χ0) is 14.8. The monoisotopic (exact) mass is 300 g/mol. The van der Waals surface area contributed by atoms with E-state index in [1.54, 1.807) is 0 Å². The molecule has 2 aliphatic rings. The first-order chi connectivity index (χ1) is 9.37. The molecule has 0 radical (unpaired) electrons. The first-order valence-electron chi connectivity index (χ1n) is 7.26. The lowest BCUT2D eigenvalue weighted by Gasteiger charge is -2.38. The van der Waals surface area contributed by atoms with Gasteiger partial charge in [-0.1, -0.05) is 6.92 Å². The molecular weight excluding hydrogens is 276 g/mol. The molecule has 0 aromatic carbocycles. The van der Waals surface area contributed by atoms with E-state index >= 15 is 0 Å². The summed E-state index contributed by atoms with van der Waals surface area (Å²) in [7, 11) is -1.57. The van der Waals surface area contributed by atoms with Crippen LogP contribution in [0.1, 0.15) is 32.6 Å². The van der Waals surface area contributed by atoms with E-state index in [1.165, 1.54) is 4.31 Å². The predicted molar refractivity (Wildman–Crippen MR) is 77.1 cm³/mol. The molecule has 2 heterocycles. The van der Waals surface area contributed by atoms with Crippen LogP contribution in [0.15, 0.2) is 0 Å². The molecule has 7 heteroatoms. The molecule has 0 saturated carbocycles. The maximum atomic E-state index is 12.5. The third-order valence-corrected chi connectivity index (χ3v) is 6.00. The molecule has 0 aromatic rings. The zero-order valence-electron chi connectivity index (χ0n) is 12.3. The Morgan fingerprint density at radius 3 is 2.50 bits per heavy atom. The van der Waals surface area contributed by atoms with Gasteiger partial charge in [0.15, 0.2) is 0 Å². The first-order valence-corrected chi connectivity index (χ1v) is 8.70. The van der Waals surface area contributed by atoms with Gasteiger partial charge in [0.05, 0.1) is 6.07 Å². The molecule has 6 nitrogen and oxygen atoms in total. The molecule has 0 spiro atoms. The van der Waals surface area contributed by atoms with Gasteiger partial charge in [-0.05, 0) is 38.6 Å². The fraction of sp³-hybridized carbons (Fsp3) is 0.923. The quantitative estimate of drug-likeness (QED) is 0.825. The number of rotatable bonds is 3. The highest BCUT2D eigenvalue weighted by Crippen LogP contribution is 2.24. The number of nitriles is 1. The van der Waals surface area contributed by atoms with Crippen LogP contribution >= 0.6 is 0 Å². The van der Waals surface area contributed by atoms with Crippen molar-refractivity contribution in [2.45, 2.75) is 38.1 Å². The van der Waals surface area contributed by atoms with E-state index in [1.807, 2.05) is 7.05 Å². The van der Waals surface area contributed by atoms with E-state index in [2.05, 4.69) is 22.6 Å². The molecule has 2 rings (SSSR count). The second kappa shape index (κ2) is 5.98. The van der Waals surface area contributed by atoms with Crippen molar-refractivity contribution in [3.05, 3.63) is 0 Å². The fourth-order valence-electron chi connectivity index (χ4n) is 2.91. The summed E-state index contributed by atoms with van der Waals surface area (Å²) in [6, 6.07) is 2.20. The summed E-state index contributed by atoms with van der Waals surface area (Å²) in [5, 5.41) is 9.43. The van der Waals surface area contributed by atoms with Crippen LogP contribution in [-0.2, 0) is 10.2 Å². The second-order valence-electron chi connectivity index (χ2n) is 6.21. The minimum atomic E-state index is -3.56. The Bertz CT molecular complexity index is 477. The fourth-order valence-corrected chi connectivity index (χ4v) is 4.61. The average molecular weight is 300 g/mol. The lowest BCUT2D eigenvalue weighted by atomic mass is 9.91. The van der Waals surface area contributed by atoms with E-state index < -0.39 is 15.7 Å². The van der Waals surface area contributed by atoms with E-state index in [0.717, 1.165) is 25.9 Å². The molecule has 0 aromatic heterocycles. The number of hydrogen-bond acceptors (Lipinski definition) is 4. The Labute approximate surface area is 121 Å². The predicted octanol–water partition coefficient (Wildman–Crippen LogP) is 0.541. The summed E-state index contributed by atoms with van der Waals surface area (Å²) in [4.78, 5) is 2.12. The molecular formula is C13H24N4O2S. The first kappa shape index (κ1) is 15.7. The van der Waals surface area contributed by atoms with E-state index in [9.17, 15) is 13.7 Å². The molecule has 1 N–H and O–H groups in total. The number of piperidine rings is 2. The van der Waals surface area contributed by atoms with Gasteiger partial charge in [-0.2, -0.15) is 22.7 Å². The number of nitrogens with zero attached hydrogens (tertiary/aromatic N) is 3. The van der Waals surface area contributed by atoms with Crippen molar-refractivity contribution in [3.8, 4) is 6.07 Å². The third-order valence-electron chi connectivity index (χ3n) is 4.34. The van der Waals surface area contributed by atoms with Gasteiger partial charge in [-0.3, -0.25) is 0 Å². The lowest BCUT2D eigenvalue weighted by molar-refractivity contribution is 0.207. The van der Waals surface area contributed by atoms with Crippen LogP contribution < -0.4 is 4.72 Å². The van der Waals surface area contributed by atoms with Gasteiger partial charge in [-0.25, -0.2) is 0 Å². The summed E-state index contributed by atoms with van der Waals surface area (Å²) in [6.07, 6.45) is 3.05. The number of likely N-dealkylation sites (tertiary alicyclic amines) is 1. The Morgan fingerprint density at radius 2 is 1.95 bits per heavy atom. The Hall–Kier alpha value is -0.680. The van der Waals surface area contributed by atoms with Crippen LogP contribution in [-0.4, -0.2) is 56.4 Å². The molecule has 114 valence electrons. The van der Waals surface area contributed by atoms with Gasteiger partial charge in [0, 0.05) is 26.2 Å². The minimum Gasteiger partial charge on any atom is -0.306 e. The number of hydrogen-bond donors (Lipinski definition) is 1. The van der Waals surface area contributed by atoms with Crippen LogP contribution in [0.3, 0.4) is 0 Å². The second-order valence-corrected chi connectivity index (χ2v) is 7.88. The largest absolute Gasteiger partial charge is 0.306 e. The normalized spacial score (nSPS) is 28.9. The standard InChI is InChI=1S/C13H24N4O2S/c1-12-4-3-7-17(10-12)20(18,19)15-13(11-14)5-8-16(2)9-6-13/h12,15H,3-10H2,1-2H3. The number of nitrogens with one attached hydrogen (secondary N) is 1. The summed E-state index contributed by atoms with van der Waals surface area (Å²) < 4.78 is 29.2. The lowest BCUT2D eigenvalue weighted by Crippen LogP contribution is -2.58. The highest BCUT2D eigenvalue weighted by Gasteiger charge is 2.40. The Balaban J connectivity index is 2.08. The van der Waals surface area contributed by atoms with Crippen LogP contribution in [0.5, 0.6) is 0 Å². The van der Waals surface area contributed by atoms with Crippen molar-refractivity contribution < 1.29 is 8.42 Å². The van der Waals surface area contributed by atoms with Crippen molar-refractivity contribution in [2.24, 2.45) is 5.92 Å². The SMILES string of the molecule is CC1CCCN(S(=O)(=O)NC2(C#N)CCN(C)CC2)C1. The van der Waals surface area contributed by atoms with Crippen LogP contribution in [0.2, 0.25) is 0 Å². The van der Waals surface area contributed by atoms with E-state index in [0.29, 0.717) is 31.8 Å². The van der Waals surface area contributed by atoms with Crippen molar-refractivity contribution in [1.29, 1.82) is 5.26 Å². The Morgan fingerprint density at radius 1 is 1.30 bits per heavy atom. The van der Waals surface area contributed by atoms with Crippen LogP contribution in [0, 0.1) is 17.2 Å². The minimum absolute atomic E-state index is 0.385. The van der Waals surface area contributed by atoms with Gasteiger partial charge in [0.25, 0.3) is 10.2 Å². The maximum Gasteiger partial charge on any atom is 0.280 e. The topological polar surface area (TPSA) is 76.4 Å². The highest BCUT2D eigenvalue weighted by atomic mass is 32.2.